The second-order valence-electron chi connectivity index (χ2n) is 5.64. The van der Waals surface area contributed by atoms with E-state index in [1.807, 2.05) is 0 Å². The van der Waals surface area contributed by atoms with Crippen molar-refractivity contribution in [1.82, 2.24) is 4.57 Å². The fourth-order valence-electron chi connectivity index (χ4n) is 2.10. The molecular weight excluding hydrogens is 396 g/mol. The summed E-state index contributed by atoms with van der Waals surface area (Å²) in [5.41, 5.74) is 6.41. The summed E-state index contributed by atoms with van der Waals surface area (Å²) in [5.74, 6) is 3.00. The number of hydrazine groups is 1. The van der Waals surface area contributed by atoms with Crippen LogP contribution in [0, 0.1) is 15.5 Å². The zero-order valence-corrected chi connectivity index (χ0v) is 15.7. The van der Waals surface area contributed by atoms with Gasteiger partial charge in [0, 0.05) is 18.0 Å². The van der Waals surface area contributed by atoms with Crippen molar-refractivity contribution in [2.45, 2.75) is 12.8 Å². The minimum Gasteiger partial charge on any atom is -0.481 e. The number of hydrogen-bond acceptors (Lipinski definition) is 6. The van der Waals surface area contributed by atoms with E-state index in [0.717, 1.165) is 10.4 Å². The van der Waals surface area contributed by atoms with E-state index < -0.39 is 16.9 Å². The van der Waals surface area contributed by atoms with Crippen LogP contribution in [0.25, 0.3) is 11.8 Å². The third kappa shape index (κ3) is 7.64. The molecule has 0 aliphatic carbocycles. The predicted octanol–water partition coefficient (Wildman–Crippen LogP) is 1.18. The van der Waals surface area contributed by atoms with Gasteiger partial charge in [0.2, 0.25) is 0 Å². The highest BCUT2D eigenvalue weighted by atomic mass is 16.6. The number of nitrogens with one attached hydrogen (secondary N) is 1. The first-order valence-electron chi connectivity index (χ1n) is 8.37. The van der Waals surface area contributed by atoms with Gasteiger partial charge in [-0.25, -0.2) is 0 Å². The molecule has 0 radical (unpaired) electrons. The number of aliphatic carboxylic acids is 2. The average Bonchev–Trinajstić information content (AvgIpc) is 3.15. The number of nitrogens with two attached hydrogens (primary N) is 2. The fourth-order valence-corrected chi connectivity index (χ4v) is 2.10. The van der Waals surface area contributed by atoms with E-state index in [1.54, 1.807) is 53.2 Å². The maximum absolute atomic E-state index is 11.1. The lowest BCUT2D eigenvalue weighted by atomic mass is 10.2. The van der Waals surface area contributed by atoms with Crippen LogP contribution >= 0.6 is 0 Å². The number of carboxylic acids is 2. The number of guanidine groups is 1. The summed E-state index contributed by atoms with van der Waals surface area (Å²) in [4.78, 5) is 30.0. The van der Waals surface area contributed by atoms with Gasteiger partial charge in [-0.3, -0.25) is 31.3 Å². The second-order valence-corrected chi connectivity index (χ2v) is 5.64. The summed E-state index contributed by atoms with van der Waals surface area (Å²) in [6, 6.07) is 10.1. The summed E-state index contributed by atoms with van der Waals surface area (Å²) in [5, 5.41) is 34.1. The topological polar surface area (TPSA) is 202 Å². The minimum atomic E-state index is -1.08. The van der Waals surface area contributed by atoms with Crippen LogP contribution in [0.1, 0.15) is 18.5 Å². The third-order valence-electron chi connectivity index (χ3n) is 3.46. The Kier molecular flexibility index (Phi) is 8.94. The summed E-state index contributed by atoms with van der Waals surface area (Å²) in [6.07, 6.45) is 5.86. The standard InChI is InChI=1S/C14H15N6O2.C4H6O4/c15-14(16)19(17)10-4-6-11-5-3-9-18(11)12-7-1-2-8-13(12)20(21)22;5-3(6)1-2-4(7)8/h1-10H,17H2,(H3,15,16);1-2H2,(H,5,6)(H,7,8)/q+1;. The lowest BCUT2D eigenvalue weighted by Crippen LogP contribution is -2.33. The molecule has 0 saturated heterocycles. The molecule has 0 aliphatic heterocycles. The van der Waals surface area contributed by atoms with Crippen molar-refractivity contribution in [3.05, 3.63) is 64.5 Å². The van der Waals surface area contributed by atoms with Crippen molar-refractivity contribution in [2.24, 2.45) is 11.6 Å². The van der Waals surface area contributed by atoms with E-state index >= 15 is 0 Å². The highest BCUT2D eigenvalue weighted by molar-refractivity contribution is 5.80. The molecule has 0 unspecified atom stereocenters. The predicted molar refractivity (Wildman–Crippen MR) is 108 cm³/mol. The maximum Gasteiger partial charge on any atom is 0.403 e. The summed E-state index contributed by atoms with van der Waals surface area (Å²) < 4.78 is 2.64. The first-order chi connectivity index (χ1) is 14.1. The van der Waals surface area contributed by atoms with Gasteiger partial charge < -0.3 is 14.8 Å². The largest absolute Gasteiger partial charge is 0.481 e. The molecule has 12 heteroatoms. The van der Waals surface area contributed by atoms with Gasteiger partial charge in [0.05, 0.1) is 24.0 Å². The SMILES string of the molecule is N=C(N)[N+](N)=CC=Cc1cccn1-c1ccccc1[N+](=O)[O-].O=C(O)CCC(=O)O. The Morgan fingerprint density at radius 2 is 1.73 bits per heavy atom. The summed E-state index contributed by atoms with van der Waals surface area (Å²) in [6.45, 7) is 0. The Hall–Kier alpha value is -4.48. The monoisotopic (exact) mass is 417 g/mol. The maximum atomic E-state index is 11.1. The number of carbonyl (C=O) groups is 2. The number of nitro benzene ring substituents is 1. The molecule has 1 aromatic heterocycles. The summed E-state index contributed by atoms with van der Waals surface area (Å²) >= 11 is 0. The number of hydrazone groups is 1. The Bertz CT molecular complexity index is 981. The number of nitrogens with zero attached hydrogens (tertiary/aromatic N) is 3. The highest BCUT2D eigenvalue weighted by Gasteiger charge is 2.14. The van der Waals surface area contributed by atoms with Crippen LogP contribution < -0.4 is 11.6 Å². The van der Waals surface area contributed by atoms with Crippen LogP contribution in [0.3, 0.4) is 0 Å². The van der Waals surface area contributed by atoms with Gasteiger partial charge in [0.1, 0.15) is 5.69 Å². The number of hydrogen-bond donors (Lipinski definition) is 5. The number of para-hydroxylation sites is 2. The molecule has 0 aliphatic rings. The van der Waals surface area contributed by atoms with Crippen molar-refractivity contribution < 1.29 is 29.4 Å². The van der Waals surface area contributed by atoms with Gasteiger partial charge in [-0.05, 0) is 30.4 Å². The Labute approximate surface area is 170 Å². The molecule has 7 N–H and O–H groups in total. The number of allylic oxidation sites excluding steroid dienone is 1. The first-order valence-corrected chi connectivity index (χ1v) is 8.37. The first kappa shape index (κ1) is 23.6. The molecular formula is C18H21N6O6+. The highest BCUT2D eigenvalue weighted by Crippen LogP contribution is 2.24. The van der Waals surface area contributed by atoms with Crippen LogP contribution in [0.2, 0.25) is 0 Å². The number of benzene rings is 1. The molecule has 1 heterocycles. The average molecular weight is 417 g/mol. The molecule has 0 amide bonds. The lowest BCUT2D eigenvalue weighted by Gasteiger charge is -2.06. The Morgan fingerprint density at radius 3 is 2.27 bits per heavy atom. The van der Waals surface area contributed by atoms with E-state index in [0.29, 0.717) is 5.69 Å². The molecule has 0 bridgehead atoms. The Morgan fingerprint density at radius 1 is 1.13 bits per heavy atom. The molecule has 0 atom stereocenters. The van der Waals surface area contributed by atoms with Crippen LogP contribution in [-0.2, 0) is 9.59 Å². The van der Waals surface area contributed by atoms with Gasteiger partial charge in [-0.1, -0.05) is 12.1 Å². The minimum absolute atomic E-state index is 0.0153. The smallest absolute Gasteiger partial charge is 0.403 e. The van der Waals surface area contributed by atoms with Gasteiger partial charge in [-0.2, -0.15) is 0 Å². The van der Waals surface area contributed by atoms with Crippen molar-refractivity contribution in [3.8, 4) is 5.69 Å². The van der Waals surface area contributed by atoms with Gasteiger partial charge in [-0.15, -0.1) is 10.1 Å². The molecule has 158 valence electrons. The van der Waals surface area contributed by atoms with Crippen molar-refractivity contribution in [2.75, 3.05) is 0 Å². The third-order valence-corrected chi connectivity index (χ3v) is 3.46. The normalized spacial score (nSPS) is 10.9. The second kappa shape index (κ2) is 11.4. The van der Waals surface area contributed by atoms with Gasteiger partial charge in [0.15, 0.2) is 0 Å². The van der Waals surface area contributed by atoms with Crippen molar-refractivity contribution in [1.29, 1.82) is 5.41 Å². The number of carboxylic acid groups (broad SMARTS) is 2. The van der Waals surface area contributed by atoms with E-state index in [1.165, 1.54) is 12.3 Å². The molecule has 12 nitrogen and oxygen atoms in total. The zero-order valence-electron chi connectivity index (χ0n) is 15.7. The number of rotatable bonds is 7. The quantitative estimate of drug-likeness (QED) is 0.110. The van der Waals surface area contributed by atoms with Crippen molar-refractivity contribution in [3.63, 3.8) is 0 Å². The number of nitro groups is 1. The molecule has 0 fully saturated rings. The fraction of sp³-hybridized carbons (Fsp3) is 0.111. The van der Waals surface area contributed by atoms with Crippen LogP contribution in [0.5, 0.6) is 0 Å². The van der Waals surface area contributed by atoms with Gasteiger partial charge >= 0.3 is 17.9 Å². The van der Waals surface area contributed by atoms with Crippen LogP contribution in [0.4, 0.5) is 5.69 Å². The molecule has 2 rings (SSSR count). The molecule has 30 heavy (non-hydrogen) atoms. The molecule has 0 spiro atoms. The molecule has 0 saturated carbocycles. The molecule has 1 aromatic carbocycles. The number of aromatic nitrogens is 1. The van der Waals surface area contributed by atoms with E-state index in [2.05, 4.69) is 0 Å². The van der Waals surface area contributed by atoms with E-state index in [-0.39, 0.29) is 24.5 Å². The van der Waals surface area contributed by atoms with Crippen LogP contribution in [-0.4, -0.2) is 48.5 Å². The van der Waals surface area contributed by atoms with Crippen LogP contribution in [0.15, 0.2) is 48.7 Å². The van der Waals surface area contributed by atoms with E-state index in [9.17, 15) is 19.7 Å². The summed E-state index contributed by atoms with van der Waals surface area (Å²) in [7, 11) is 0. The molecule has 2 aromatic rings. The van der Waals surface area contributed by atoms with E-state index in [4.69, 9.17) is 27.2 Å². The van der Waals surface area contributed by atoms with Gasteiger partial charge in [0.25, 0.3) is 5.69 Å². The Balaban J connectivity index is 0.000000479. The van der Waals surface area contributed by atoms with Crippen molar-refractivity contribution >= 4 is 35.9 Å². The zero-order chi connectivity index (χ0) is 22.7. The lowest BCUT2D eigenvalue weighted by molar-refractivity contribution is -0.417.